The molecule has 2 aromatic heterocycles. The van der Waals surface area contributed by atoms with E-state index < -0.39 is 0 Å². The molecule has 0 radical (unpaired) electrons. The highest BCUT2D eigenvalue weighted by Gasteiger charge is 2.25. The number of ether oxygens (including phenoxy) is 1. The Kier molecular flexibility index (Phi) is 2.58. The van der Waals surface area contributed by atoms with E-state index in [2.05, 4.69) is 20.7 Å². The number of nitrogens with zero attached hydrogens (tertiary/aromatic N) is 3. The Labute approximate surface area is 121 Å². The lowest BCUT2D eigenvalue weighted by molar-refractivity contribution is -0.0215. The highest BCUT2D eigenvalue weighted by atomic mass is 16.5. The molecule has 0 spiro atoms. The molecule has 106 valence electrons. The molecule has 1 aliphatic heterocycles. The molecule has 1 aliphatic rings. The van der Waals surface area contributed by atoms with Crippen molar-refractivity contribution in [3.05, 3.63) is 36.8 Å². The smallest absolute Gasteiger partial charge is 0.146 e. The highest BCUT2D eigenvalue weighted by Crippen LogP contribution is 2.35. The summed E-state index contributed by atoms with van der Waals surface area (Å²) >= 11 is 0. The molecule has 4 N–H and O–H groups in total. The molecule has 0 unspecified atom stereocenters. The van der Waals surface area contributed by atoms with Crippen LogP contribution in [0.3, 0.4) is 0 Å². The van der Waals surface area contributed by atoms with Crippen LogP contribution in [-0.2, 0) is 4.74 Å². The molecule has 0 amide bonds. The van der Waals surface area contributed by atoms with Crippen LogP contribution in [0, 0.1) is 0 Å². The lowest BCUT2D eigenvalue weighted by Crippen LogP contribution is -2.30. The predicted molar refractivity (Wildman–Crippen MR) is 81.6 cm³/mol. The fraction of sp³-hybridized carbons (Fsp3) is 0.200. The van der Waals surface area contributed by atoms with E-state index in [0.717, 1.165) is 27.8 Å². The zero-order valence-corrected chi connectivity index (χ0v) is 11.4. The third kappa shape index (κ3) is 1.84. The third-order valence-corrected chi connectivity index (χ3v) is 3.87. The second-order valence-electron chi connectivity index (χ2n) is 5.22. The third-order valence-electron chi connectivity index (χ3n) is 3.87. The fourth-order valence-corrected chi connectivity index (χ4v) is 2.65. The van der Waals surface area contributed by atoms with Crippen LogP contribution < -0.4 is 11.5 Å². The number of hydrogen-bond donors (Lipinski definition) is 2. The van der Waals surface area contributed by atoms with Gasteiger partial charge >= 0.3 is 0 Å². The van der Waals surface area contributed by atoms with Gasteiger partial charge in [-0.05, 0) is 17.7 Å². The molecule has 6 nitrogen and oxygen atoms in total. The summed E-state index contributed by atoms with van der Waals surface area (Å²) in [6.07, 6.45) is 3.58. The Morgan fingerprint density at radius 2 is 1.86 bits per heavy atom. The van der Waals surface area contributed by atoms with Crippen LogP contribution in [0.4, 0.5) is 11.5 Å². The van der Waals surface area contributed by atoms with E-state index >= 15 is 0 Å². The first-order valence-electron chi connectivity index (χ1n) is 6.78. The molecule has 3 heterocycles. The second kappa shape index (κ2) is 4.46. The van der Waals surface area contributed by atoms with E-state index in [4.69, 9.17) is 16.2 Å². The first-order chi connectivity index (χ1) is 10.2. The standard InChI is InChI=1S/C15H15N5O/c16-10-3-1-9(2-4-10)12-5-20(11-6-21-7-11)15-13(12)14(17)18-8-19-15/h1-5,8,11H,6-7,16H2,(H2,17,18,19). The number of benzene rings is 1. The lowest BCUT2D eigenvalue weighted by atomic mass is 10.1. The number of fused-ring (bicyclic) bond motifs is 1. The molecule has 6 heteroatoms. The van der Waals surface area contributed by atoms with Crippen LogP contribution >= 0.6 is 0 Å². The van der Waals surface area contributed by atoms with Crippen molar-refractivity contribution in [3.8, 4) is 11.1 Å². The summed E-state index contributed by atoms with van der Waals surface area (Å²) in [5.41, 5.74) is 15.5. The summed E-state index contributed by atoms with van der Waals surface area (Å²) in [6.45, 7) is 1.41. The van der Waals surface area contributed by atoms with Gasteiger partial charge in [0.2, 0.25) is 0 Å². The van der Waals surface area contributed by atoms with Crippen molar-refractivity contribution >= 4 is 22.5 Å². The van der Waals surface area contributed by atoms with E-state index in [1.807, 2.05) is 24.3 Å². The summed E-state index contributed by atoms with van der Waals surface area (Å²) in [6, 6.07) is 8.04. The zero-order chi connectivity index (χ0) is 14.4. The van der Waals surface area contributed by atoms with Crippen molar-refractivity contribution in [1.29, 1.82) is 0 Å². The molecular weight excluding hydrogens is 266 g/mol. The Balaban J connectivity index is 1.97. The van der Waals surface area contributed by atoms with Gasteiger partial charge in [0.25, 0.3) is 0 Å². The van der Waals surface area contributed by atoms with Gasteiger partial charge in [-0.1, -0.05) is 12.1 Å². The number of aromatic nitrogens is 3. The van der Waals surface area contributed by atoms with Gasteiger partial charge in [0.05, 0.1) is 24.6 Å². The number of nitrogens with two attached hydrogens (primary N) is 2. The molecule has 0 atom stereocenters. The second-order valence-corrected chi connectivity index (χ2v) is 5.22. The number of hydrogen-bond acceptors (Lipinski definition) is 5. The predicted octanol–water partition coefficient (Wildman–Crippen LogP) is 1.83. The summed E-state index contributed by atoms with van der Waals surface area (Å²) in [7, 11) is 0. The van der Waals surface area contributed by atoms with Crippen molar-refractivity contribution in [1.82, 2.24) is 14.5 Å². The minimum atomic E-state index is 0.310. The minimum absolute atomic E-state index is 0.310. The van der Waals surface area contributed by atoms with Crippen molar-refractivity contribution in [2.75, 3.05) is 24.7 Å². The van der Waals surface area contributed by atoms with Gasteiger partial charge in [0, 0.05) is 17.4 Å². The van der Waals surface area contributed by atoms with Crippen molar-refractivity contribution in [3.63, 3.8) is 0 Å². The maximum Gasteiger partial charge on any atom is 0.146 e. The Hall–Kier alpha value is -2.60. The Morgan fingerprint density at radius 3 is 2.52 bits per heavy atom. The minimum Gasteiger partial charge on any atom is -0.399 e. The highest BCUT2D eigenvalue weighted by molar-refractivity contribution is 6.00. The van der Waals surface area contributed by atoms with Crippen molar-refractivity contribution < 1.29 is 4.74 Å². The first kappa shape index (κ1) is 12.2. The van der Waals surface area contributed by atoms with Gasteiger partial charge in [-0.25, -0.2) is 9.97 Å². The Morgan fingerprint density at radius 1 is 1.10 bits per heavy atom. The van der Waals surface area contributed by atoms with E-state index in [0.29, 0.717) is 25.1 Å². The summed E-state index contributed by atoms with van der Waals surface area (Å²) in [5.74, 6) is 0.491. The first-order valence-corrected chi connectivity index (χ1v) is 6.78. The van der Waals surface area contributed by atoms with Gasteiger partial charge in [0.15, 0.2) is 0 Å². The molecule has 0 aliphatic carbocycles. The van der Waals surface area contributed by atoms with Crippen LogP contribution in [0.5, 0.6) is 0 Å². The molecule has 1 fully saturated rings. The number of rotatable bonds is 2. The van der Waals surface area contributed by atoms with E-state index in [1.54, 1.807) is 0 Å². The average molecular weight is 281 g/mol. The zero-order valence-electron chi connectivity index (χ0n) is 11.4. The summed E-state index contributed by atoms with van der Waals surface area (Å²) in [4.78, 5) is 8.53. The molecule has 3 aromatic rings. The van der Waals surface area contributed by atoms with Crippen molar-refractivity contribution in [2.24, 2.45) is 0 Å². The molecule has 21 heavy (non-hydrogen) atoms. The van der Waals surface area contributed by atoms with E-state index in [9.17, 15) is 0 Å². The summed E-state index contributed by atoms with van der Waals surface area (Å²) in [5, 5.41) is 0.883. The fourth-order valence-electron chi connectivity index (χ4n) is 2.65. The quantitative estimate of drug-likeness (QED) is 0.699. The molecular formula is C15H15N5O. The van der Waals surface area contributed by atoms with Crippen LogP contribution in [0.2, 0.25) is 0 Å². The van der Waals surface area contributed by atoms with Crippen LogP contribution in [0.1, 0.15) is 6.04 Å². The molecule has 0 saturated carbocycles. The van der Waals surface area contributed by atoms with Gasteiger partial charge in [-0.3, -0.25) is 0 Å². The molecule has 4 rings (SSSR count). The van der Waals surface area contributed by atoms with Crippen LogP contribution in [-0.4, -0.2) is 27.7 Å². The maximum absolute atomic E-state index is 6.08. The average Bonchev–Trinajstić information content (AvgIpc) is 2.79. The van der Waals surface area contributed by atoms with Gasteiger partial charge in [-0.2, -0.15) is 0 Å². The maximum atomic E-state index is 6.08. The van der Waals surface area contributed by atoms with E-state index in [-0.39, 0.29) is 0 Å². The molecule has 1 aromatic carbocycles. The van der Waals surface area contributed by atoms with Gasteiger partial charge in [-0.15, -0.1) is 0 Å². The van der Waals surface area contributed by atoms with Crippen LogP contribution in [0.25, 0.3) is 22.2 Å². The van der Waals surface area contributed by atoms with Gasteiger partial charge < -0.3 is 20.8 Å². The van der Waals surface area contributed by atoms with Gasteiger partial charge in [0.1, 0.15) is 17.8 Å². The molecule has 0 bridgehead atoms. The normalized spacial score (nSPS) is 15.2. The topological polar surface area (TPSA) is 92.0 Å². The number of anilines is 2. The van der Waals surface area contributed by atoms with Crippen LogP contribution in [0.15, 0.2) is 36.8 Å². The monoisotopic (exact) mass is 281 g/mol. The Bertz CT molecular complexity index is 805. The van der Waals surface area contributed by atoms with Crippen molar-refractivity contribution in [2.45, 2.75) is 6.04 Å². The lowest BCUT2D eigenvalue weighted by Gasteiger charge is -2.27. The largest absolute Gasteiger partial charge is 0.399 e. The van der Waals surface area contributed by atoms with E-state index in [1.165, 1.54) is 6.33 Å². The summed E-state index contributed by atoms with van der Waals surface area (Å²) < 4.78 is 7.41. The molecule has 1 saturated heterocycles. The number of nitrogen functional groups attached to an aromatic ring is 2. The SMILES string of the molecule is Nc1ccc(-c2cn(C3COC3)c3ncnc(N)c23)cc1.